The Bertz CT molecular complexity index is 1030. The maximum Gasteiger partial charge on any atom is 0.418 e. The largest absolute Gasteiger partial charge is 0.492 e. The highest BCUT2D eigenvalue weighted by Crippen LogP contribution is 2.30. The van der Waals surface area contributed by atoms with Gasteiger partial charge in [-0.1, -0.05) is 32.0 Å². The summed E-state index contributed by atoms with van der Waals surface area (Å²) in [6, 6.07) is 4.41. The average Bonchev–Trinajstić information content (AvgIpc) is 3.00. The van der Waals surface area contributed by atoms with Crippen molar-refractivity contribution in [2.24, 2.45) is 11.7 Å². The Hall–Kier alpha value is -2.94. The molecule has 0 unspecified atom stereocenters. The highest BCUT2D eigenvalue weighted by molar-refractivity contribution is 7.80. The van der Waals surface area contributed by atoms with Crippen LogP contribution in [0.4, 0.5) is 4.79 Å². The van der Waals surface area contributed by atoms with Gasteiger partial charge in [0, 0.05) is 18.2 Å². The van der Waals surface area contributed by atoms with Gasteiger partial charge >= 0.3 is 16.4 Å². The van der Waals surface area contributed by atoms with Crippen LogP contribution >= 0.6 is 0 Å². The highest BCUT2D eigenvalue weighted by Gasteiger charge is 2.49. The van der Waals surface area contributed by atoms with Crippen molar-refractivity contribution < 1.29 is 36.4 Å². The molecule has 188 valence electrons. The molecule has 4 amide bonds. The fourth-order valence-electron chi connectivity index (χ4n) is 3.71. The lowest BCUT2D eigenvalue weighted by Gasteiger charge is -2.29. The van der Waals surface area contributed by atoms with E-state index in [1.165, 1.54) is 0 Å². The number of fused-ring (bicyclic) bond motifs is 2. The van der Waals surface area contributed by atoms with E-state index >= 15 is 0 Å². The van der Waals surface area contributed by atoms with Crippen molar-refractivity contribution in [2.45, 2.75) is 51.2 Å². The molecule has 2 bridgehead atoms. The smallest absolute Gasteiger partial charge is 0.418 e. The molecular formula is C20H29N5O8S. The van der Waals surface area contributed by atoms with Gasteiger partial charge in [-0.3, -0.25) is 25.0 Å². The van der Waals surface area contributed by atoms with Gasteiger partial charge in [-0.2, -0.15) is 13.5 Å². The minimum atomic E-state index is -4.88. The van der Waals surface area contributed by atoms with Gasteiger partial charge in [-0.25, -0.2) is 4.79 Å². The van der Waals surface area contributed by atoms with Gasteiger partial charge in [0.2, 0.25) is 5.91 Å². The Morgan fingerprint density at radius 3 is 2.62 bits per heavy atom. The van der Waals surface area contributed by atoms with E-state index in [4.69, 9.17) is 15.0 Å². The summed E-state index contributed by atoms with van der Waals surface area (Å²) in [5.74, 6) is -0.397. The molecule has 0 radical (unpaired) electrons. The van der Waals surface area contributed by atoms with Crippen LogP contribution in [-0.2, 0) is 30.7 Å². The SMILES string of the molecule is CC(C)[C@H](N)COc1ccccc1CC(=O)NNC(=O)[C@@H]1CC[C@@H]2CN1C(=O)N2OS(=O)(=O)O. The lowest BCUT2D eigenvalue weighted by Crippen LogP contribution is -2.54. The molecule has 13 nitrogen and oxygen atoms in total. The molecule has 0 spiro atoms. The van der Waals surface area contributed by atoms with Crippen molar-refractivity contribution in [3.8, 4) is 5.75 Å². The first-order chi connectivity index (χ1) is 16.0. The molecule has 2 aliphatic rings. The summed E-state index contributed by atoms with van der Waals surface area (Å²) >= 11 is 0. The number of hydroxylamine groups is 2. The summed E-state index contributed by atoms with van der Waals surface area (Å²) in [5, 5.41) is 0.545. The van der Waals surface area contributed by atoms with Crippen LogP contribution in [0.2, 0.25) is 0 Å². The topological polar surface area (TPSA) is 181 Å². The molecule has 1 aromatic carbocycles. The second-order valence-electron chi connectivity index (χ2n) is 8.55. The van der Waals surface area contributed by atoms with Gasteiger partial charge in [-0.05, 0) is 24.8 Å². The standard InChI is InChI=1S/C20H29N5O8S/c1-12(2)15(21)11-32-17-6-4-3-5-13(17)9-18(26)22-23-19(27)16-8-7-14-10-24(16)20(28)25(14)33-34(29,30)31/h3-6,12,14-16H,7-11,21H2,1-2H3,(H,22,26)(H,23,27)(H,29,30,31)/t14-,15-,16+/m1/s1. The number of nitrogens with one attached hydrogen (secondary N) is 2. The van der Waals surface area contributed by atoms with Gasteiger partial charge in [0.25, 0.3) is 5.91 Å². The normalized spacial score (nSPS) is 20.9. The van der Waals surface area contributed by atoms with Crippen LogP contribution in [0.5, 0.6) is 5.75 Å². The van der Waals surface area contributed by atoms with Gasteiger partial charge < -0.3 is 15.4 Å². The third kappa shape index (κ3) is 6.34. The van der Waals surface area contributed by atoms with E-state index in [9.17, 15) is 22.8 Å². The van der Waals surface area contributed by atoms with E-state index in [0.29, 0.717) is 16.4 Å². The molecule has 2 saturated heterocycles. The molecule has 0 aromatic heterocycles. The third-order valence-corrected chi connectivity index (χ3v) is 6.09. The van der Waals surface area contributed by atoms with Crippen molar-refractivity contribution in [1.29, 1.82) is 0 Å². The maximum atomic E-state index is 12.6. The molecule has 0 aliphatic carbocycles. The van der Waals surface area contributed by atoms with Crippen molar-refractivity contribution in [1.82, 2.24) is 20.8 Å². The first kappa shape index (κ1) is 25.7. The van der Waals surface area contributed by atoms with Crippen LogP contribution in [0, 0.1) is 5.92 Å². The Morgan fingerprint density at radius 2 is 1.94 bits per heavy atom. The van der Waals surface area contributed by atoms with Crippen LogP contribution in [0.25, 0.3) is 0 Å². The van der Waals surface area contributed by atoms with Crippen LogP contribution in [0.15, 0.2) is 24.3 Å². The Balaban J connectivity index is 1.53. The number of hydrogen-bond acceptors (Lipinski definition) is 8. The summed E-state index contributed by atoms with van der Waals surface area (Å²) in [6.07, 6.45) is 0.419. The molecular weight excluding hydrogens is 470 g/mol. The van der Waals surface area contributed by atoms with Crippen LogP contribution < -0.4 is 21.3 Å². The average molecular weight is 500 g/mol. The molecule has 0 saturated carbocycles. The number of nitrogens with zero attached hydrogens (tertiary/aromatic N) is 2. The molecule has 34 heavy (non-hydrogen) atoms. The number of urea groups is 1. The second-order valence-corrected chi connectivity index (χ2v) is 9.56. The number of ether oxygens (including phenoxy) is 1. The number of carbonyl (C=O) groups is 3. The molecule has 1 aromatic rings. The molecule has 3 atom stereocenters. The first-order valence-corrected chi connectivity index (χ1v) is 12.1. The van der Waals surface area contributed by atoms with Crippen molar-refractivity contribution in [3.05, 3.63) is 29.8 Å². The molecule has 2 fully saturated rings. The van der Waals surface area contributed by atoms with Crippen LogP contribution in [0.1, 0.15) is 32.3 Å². The van der Waals surface area contributed by atoms with Crippen molar-refractivity contribution in [2.75, 3.05) is 13.2 Å². The van der Waals surface area contributed by atoms with Gasteiger partial charge in [0.15, 0.2) is 0 Å². The highest BCUT2D eigenvalue weighted by atomic mass is 32.3. The van der Waals surface area contributed by atoms with E-state index in [0.717, 1.165) is 4.90 Å². The van der Waals surface area contributed by atoms with E-state index in [1.54, 1.807) is 24.3 Å². The third-order valence-electron chi connectivity index (χ3n) is 5.74. The number of hydrogen-bond donors (Lipinski definition) is 4. The minimum Gasteiger partial charge on any atom is -0.492 e. The van der Waals surface area contributed by atoms with E-state index in [1.807, 2.05) is 13.8 Å². The van der Waals surface area contributed by atoms with Crippen LogP contribution in [0.3, 0.4) is 0 Å². The predicted molar refractivity (Wildman–Crippen MR) is 118 cm³/mol. The Labute approximate surface area is 197 Å². The van der Waals surface area contributed by atoms with Crippen molar-refractivity contribution >= 4 is 28.2 Å². The van der Waals surface area contributed by atoms with Gasteiger partial charge in [0.1, 0.15) is 18.4 Å². The molecule has 2 aliphatic heterocycles. The molecule has 5 N–H and O–H groups in total. The summed E-state index contributed by atoms with van der Waals surface area (Å²) in [5.41, 5.74) is 11.2. The van der Waals surface area contributed by atoms with Gasteiger partial charge in [0.05, 0.1) is 12.5 Å². The van der Waals surface area contributed by atoms with E-state index in [-0.39, 0.29) is 44.4 Å². The Morgan fingerprint density at radius 1 is 1.24 bits per heavy atom. The number of rotatable bonds is 9. The first-order valence-electron chi connectivity index (χ1n) is 10.8. The summed E-state index contributed by atoms with van der Waals surface area (Å²) in [6.45, 7) is 4.30. The number of para-hydroxylation sites is 1. The van der Waals surface area contributed by atoms with E-state index < -0.39 is 40.3 Å². The summed E-state index contributed by atoms with van der Waals surface area (Å²) < 4.78 is 40.9. The number of benzene rings is 1. The summed E-state index contributed by atoms with van der Waals surface area (Å²) in [7, 11) is -4.88. The zero-order chi connectivity index (χ0) is 25.0. The number of amides is 4. The second kappa shape index (κ2) is 10.5. The number of nitrogens with two attached hydrogens (primary N) is 1. The summed E-state index contributed by atoms with van der Waals surface area (Å²) in [4.78, 5) is 38.6. The maximum absolute atomic E-state index is 12.6. The molecule has 2 heterocycles. The quantitative estimate of drug-likeness (QED) is 0.263. The fourth-order valence-corrected chi connectivity index (χ4v) is 4.09. The number of piperidine rings is 1. The van der Waals surface area contributed by atoms with Crippen molar-refractivity contribution in [3.63, 3.8) is 0 Å². The fraction of sp³-hybridized carbons (Fsp3) is 0.550. The number of hydrazine groups is 1. The monoisotopic (exact) mass is 499 g/mol. The Kier molecular flexibility index (Phi) is 7.97. The van der Waals surface area contributed by atoms with E-state index in [2.05, 4.69) is 15.1 Å². The lowest BCUT2D eigenvalue weighted by atomic mass is 10.0. The predicted octanol–water partition coefficient (Wildman–Crippen LogP) is -0.258. The minimum absolute atomic E-state index is 0.0453. The zero-order valence-electron chi connectivity index (χ0n) is 18.8. The van der Waals surface area contributed by atoms with Crippen LogP contribution in [-0.4, -0.2) is 72.1 Å². The molecule has 14 heteroatoms. The lowest BCUT2D eigenvalue weighted by molar-refractivity contribution is -0.131. The number of carbonyl (C=O) groups excluding carboxylic acids is 3. The zero-order valence-corrected chi connectivity index (χ0v) is 19.7. The van der Waals surface area contributed by atoms with Gasteiger partial charge in [-0.15, -0.1) is 4.28 Å². The molecule has 3 rings (SSSR count).